The average molecular weight is 598 g/mol. The summed E-state index contributed by atoms with van der Waals surface area (Å²) in [6, 6.07) is 17.3. The summed E-state index contributed by atoms with van der Waals surface area (Å²) in [6.45, 7) is 3.26. The number of hydrogen-bond acceptors (Lipinski definition) is 8. The van der Waals surface area contributed by atoms with Crippen molar-refractivity contribution in [2.45, 2.75) is 32.5 Å². The predicted molar refractivity (Wildman–Crippen MR) is 164 cm³/mol. The smallest absolute Gasteiger partial charge is 0.295 e. The number of carbonyl (C=O) groups excluding carboxylic acids is 2. The van der Waals surface area contributed by atoms with Crippen molar-refractivity contribution >= 4 is 17.4 Å². The predicted octanol–water partition coefficient (Wildman–Crippen LogP) is 5.31. The molecule has 1 fully saturated rings. The fourth-order valence-electron chi connectivity index (χ4n) is 5.39. The molecule has 1 saturated heterocycles. The minimum atomic E-state index is -0.899. The van der Waals surface area contributed by atoms with Crippen LogP contribution in [0.15, 0.2) is 85.0 Å². The Bertz CT molecular complexity index is 1640. The minimum Gasteiger partial charge on any atom is -0.507 e. The number of aliphatic hydroxyl groups excluding tert-OH is 1. The van der Waals surface area contributed by atoms with Gasteiger partial charge in [0.05, 0.1) is 39.3 Å². The lowest BCUT2D eigenvalue weighted by Crippen LogP contribution is -2.31. The number of amides is 1. The molecule has 0 aliphatic carbocycles. The third-order valence-corrected chi connectivity index (χ3v) is 7.53. The topological polar surface area (TPSA) is 112 Å². The van der Waals surface area contributed by atoms with E-state index in [-0.39, 0.29) is 17.9 Å². The number of ketones is 1. The number of nitrogens with zero attached hydrogens (tertiary/aromatic N) is 3. The van der Waals surface area contributed by atoms with Crippen LogP contribution in [0, 0.1) is 6.92 Å². The minimum absolute atomic E-state index is 0.0275. The normalized spacial score (nSPS) is 15.8. The average Bonchev–Trinajstić information content (AvgIpc) is 3.65. The van der Waals surface area contributed by atoms with Gasteiger partial charge in [-0.3, -0.25) is 9.59 Å². The van der Waals surface area contributed by atoms with Gasteiger partial charge in [0.2, 0.25) is 5.75 Å². The fraction of sp³-hybridized carbons (Fsp3) is 0.265. The summed E-state index contributed by atoms with van der Waals surface area (Å²) < 4.78 is 24.4. The van der Waals surface area contributed by atoms with Gasteiger partial charge < -0.3 is 33.5 Å². The molecular formula is C34H35N3O7. The molecule has 1 atom stereocenters. The maximum Gasteiger partial charge on any atom is 0.295 e. The molecule has 1 aliphatic rings. The van der Waals surface area contributed by atoms with Crippen LogP contribution in [0.3, 0.4) is 0 Å². The van der Waals surface area contributed by atoms with Crippen molar-refractivity contribution in [2.75, 3.05) is 27.9 Å². The van der Waals surface area contributed by atoms with Gasteiger partial charge in [-0.1, -0.05) is 29.8 Å². The van der Waals surface area contributed by atoms with Crippen LogP contribution in [0.2, 0.25) is 0 Å². The van der Waals surface area contributed by atoms with E-state index in [0.29, 0.717) is 53.7 Å². The fourth-order valence-corrected chi connectivity index (χ4v) is 5.39. The monoisotopic (exact) mass is 597 g/mol. The molecule has 10 heteroatoms. The van der Waals surface area contributed by atoms with Crippen molar-refractivity contribution in [3.05, 3.63) is 107 Å². The van der Waals surface area contributed by atoms with Crippen LogP contribution >= 0.6 is 0 Å². The summed E-state index contributed by atoms with van der Waals surface area (Å²) in [5, 5.41) is 11.6. The number of Topliss-reactive ketones (excluding diaryl/α,β-unsaturated/α-hetero) is 1. The van der Waals surface area contributed by atoms with Gasteiger partial charge >= 0.3 is 0 Å². The van der Waals surface area contributed by atoms with Gasteiger partial charge in [0.15, 0.2) is 11.5 Å². The Morgan fingerprint density at radius 1 is 0.932 bits per heavy atom. The first-order valence-electron chi connectivity index (χ1n) is 14.2. The Balaban J connectivity index is 1.50. The molecule has 1 N–H and O–H groups in total. The molecular weight excluding hydrogens is 562 g/mol. The standard InChI is InChI=1S/C34H35N3O7/c1-22-7-5-8-23(17-22)20-44-26-11-9-24(10-12-26)31(38)29-30(25-18-27(41-2)33(43-4)28(19-25)42-3)37(34(40)32(29)39)15-6-14-36-16-13-35-21-36/h5,7-13,16-19,21,30,38H,6,14-15,20H2,1-4H3/b31-29+. The van der Waals surface area contributed by atoms with Crippen molar-refractivity contribution in [1.82, 2.24) is 14.5 Å². The number of hydrogen-bond donors (Lipinski definition) is 1. The molecule has 1 aromatic heterocycles. The van der Waals surface area contributed by atoms with E-state index in [4.69, 9.17) is 18.9 Å². The van der Waals surface area contributed by atoms with Gasteiger partial charge in [-0.15, -0.1) is 0 Å². The first-order valence-corrected chi connectivity index (χ1v) is 14.2. The summed E-state index contributed by atoms with van der Waals surface area (Å²) >= 11 is 0. The Labute approximate surface area is 256 Å². The second-order valence-electron chi connectivity index (χ2n) is 10.4. The maximum atomic E-state index is 13.6. The van der Waals surface area contributed by atoms with E-state index >= 15 is 0 Å². The number of rotatable bonds is 12. The van der Waals surface area contributed by atoms with Crippen molar-refractivity contribution in [1.29, 1.82) is 0 Å². The first-order chi connectivity index (χ1) is 21.3. The molecule has 4 aromatic rings. The Hall–Kier alpha value is -5.25. The summed E-state index contributed by atoms with van der Waals surface area (Å²) in [7, 11) is 4.48. The molecule has 0 saturated carbocycles. The number of carbonyl (C=O) groups is 2. The zero-order valence-corrected chi connectivity index (χ0v) is 25.1. The lowest BCUT2D eigenvalue weighted by atomic mass is 9.94. The summed E-state index contributed by atoms with van der Waals surface area (Å²) in [5.41, 5.74) is 3.06. The number of aromatic nitrogens is 2. The van der Waals surface area contributed by atoms with Gasteiger partial charge in [-0.25, -0.2) is 4.98 Å². The molecule has 44 heavy (non-hydrogen) atoms. The highest BCUT2D eigenvalue weighted by atomic mass is 16.5. The molecule has 1 unspecified atom stereocenters. The van der Waals surface area contributed by atoms with Gasteiger partial charge in [0.1, 0.15) is 18.1 Å². The summed E-state index contributed by atoms with van der Waals surface area (Å²) in [5.74, 6) is -0.0645. The van der Waals surface area contributed by atoms with E-state index in [2.05, 4.69) is 11.1 Å². The highest BCUT2D eigenvalue weighted by molar-refractivity contribution is 6.46. The number of likely N-dealkylation sites (tertiary alicyclic amines) is 1. The van der Waals surface area contributed by atoms with Gasteiger partial charge in [-0.2, -0.15) is 0 Å². The molecule has 10 nitrogen and oxygen atoms in total. The van der Waals surface area contributed by atoms with E-state index in [1.54, 1.807) is 48.9 Å². The van der Waals surface area contributed by atoms with Gasteiger partial charge in [-0.05, 0) is 60.9 Å². The molecule has 2 heterocycles. The van der Waals surface area contributed by atoms with Crippen LogP contribution < -0.4 is 18.9 Å². The van der Waals surface area contributed by atoms with E-state index in [0.717, 1.165) is 11.1 Å². The van der Waals surface area contributed by atoms with E-state index in [1.165, 1.54) is 26.2 Å². The molecule has 3 aromatic carbocycles. The lowest BCUT2D eigenvalue weighted by molar-refractivity contribution is -0.139. The third-order valence-electron chi connectivity index (χ3n) is 7.53. The molecule has 228 valence electrons. The number of aliphatic hydroxyl groups is 1. The zero-order valence-electron chi connectivity index (χ0n) is 25.1. The van der Waals surface area contributed by atoms with Crippen LogP contribution in [0.1, 0.15) is 34.7 Å². The molecule has 1 amide bonds. The van der Waals surface area contributed by atoms with Gasteiger partial charge in [0, 0.05) is 31.0 Å². The summed E-state index contributed by atoms with van der Waals surface area (Å²) in [4.78, 5) is 32.6. The van der Waals surface area contributed by atoms with E-state index in [9.17, 15) is 14.7 Å². The van der Waals surface area contributed by atoms with Crippen LogP contribution in [0.25, 0.3) is 5.76 Å². The van der Waals surface area contributed by atoms with Gasteiger partial charge in [0.25, 0.3) is 11.7 Å². The highest BCUT2D eigenvalue weighted by Gasteiger charge is 2.46. The Kier molecular flexibility index (Phi) is 9.18. The SMILES string of the molecule is COc1cc(C2/C(=C(\O)c3ccc(OCc4cccc(C)c4)cc3)C(=O)C(=O)N2CCCn2ccnc2)cc(OC)c1OC. The Morgan fingerprint density at radius 2 is 1.66 bits per heavy atom. The molecule has 0 radical (unpaired) electrons. The molecule has 5 rings (SSSR count). The largest absolute Gasteiger partial charge is 0.507 e. The molecule has 0 bridgehead atoms. The van der Waals surface area contributed by atoms with Crippen LogP contribution in [-0.4, -0.2) is 59.1 Å². The zero-order chi connectivity index (χ0) is 31.2. The number of aryl methyl sites for hydroxylation is 2. The second kappa shape index (κ2) is 13.4. The quantitative estimate of drug-likeness (QED) is 0.133. The van der Waals surface area contributed by atoms with Crippen LogP contribution in [-0.2, 0) is 22.7 Å². The number of methoxy groups -OCH3 is 3. The van der Waals surface area contributed by atoms with Crippen LogP contribution in [0.4, 0.5) is 0 Å². The summed E-state index contributed by atoms with van der Waals surface area (Å²) in [6.07, 6.45) is 5.76. The van der Waals surface area contributed by atoms with E-state index in [1.807, 2.05) is 35.9 Å². The van der Waals surface area contributed by atoms with Crippen molar-refractivity contribution in [3.8, 4) is 23.0 Å². The van der Waals surface area contributed by atoms with E-state index < -0.39 is 17.7 Å². The van der Waals surface area contributed by atoms with Crippen molar-refractivity contribution in [2.24, 2.45) is 0 Å². The Morgan fingerprint density at radius 3 is 2.27 bits per heavy atom. The van der Waals surface area contributed by atoms with Crippen LogP contribution in [0.5, 0.6) is 23.0 Å². The third kappa shape index (κ3) is 6.24. The number of ether oxygens (including phenoxy) is 4. The molecule has 0 spiro atoms. The second-order valence-corrected chi connectivity index (χ2v) is 10.4. The highest BCUT2D eigenvalue weighted by Crippen LogP contribution is 2.45. The number of benzene rings is 3. The maximum absolute atomic E-state index is 13.6. The lowest BCUT2D eigenvalue weighted by Gasteiger charge is -2.26. The molecule has 1 aliphatic heterocycles. The first kappa shape index (κ1) is 30.2. The van der Waals surface area contributed by atoms with Crippen molar-refractivity contribution < 1.29 is 33.6 Å². The van der Waals surface area contributed by atoms with Crippen molar-refractivity contribution in [3.63, 3.8) is 0 Å². The number of imidazole rings is 1.